The second-order valence-electron chi connectivity index (χ2n) is 0.217. The zero-order valence-electron chi connectivity index (χ0n) is 3.67. The predicted molar refractivity (Wildman–Crippen MR) is 18.0 cm³/mol. The summed E-state index contributed by atoms with van der Waals surface area (Å²) < 4.78 is 24.1. The molecule has 0 bridgehead atoms. The van der Waals surface area contributed by atoms with Gasteiger partial charge in [0.15, 0.2) is 0 Å². The van der Waals surface area contributed by atoms with Gasteiger partial charge in [-0.25, -0.2) is 4.21 Å². The van der Waals surface area contributed by atoms with E-state index in [0.717, 1.165) is 0 Å². The van der Waals surface area contributed by atoms with Gasteiger partial charge >= 0.3 is 18.9 Å². The van der Waals surface area contributed by atoms with Crippen molar-refractivity contribution in [1.82, 2.24) is 0 Å². The maximum Gasteiger partial charge on any atom is 1.00 e. The molecule has 0 radical (unpaired) electrons. The molecule has 0 aromatic rings. The van der Waals surface area contributed by atoms with Gasteiger partial charge < -0.3 is 16.5 Å². The molecule has 1 N–H and O–H groups in total. The molecule has 5 heteroatoms. The van der Waals surface area contributed by atoms with Crippen LogP contribution in [0.3, 0.4) is 0 Å². The minimum absolute atomic E-state index is 0. The summed E-state index contributed by atoms with van der Waals surface area (Å²) in [7, 11) is 0. The van der Waals surface area contributed by atoms with Gasteiger partial charge in [-0.1, -0.05) is 0 Å². The average molecular weight is 103 g/mol. The van der Waals surface area contributed by atoms with Gasteiger partial charge in [-0.3, -0.25) is 0 Å². The largest absolute Gasteiger partial charge is 1.00 e. The Bertz CT molecular complexity index is 33.8. The van der Waals surface area contributed by atoms with Crippen LogP contribution in [0.4, 0.5) is 0 Å². The van der Waals surface area contributed by atoms with E-state index >= 15 is 0 Å². The quantitative estimate of drug-likeness (QED) is 0.199. The molecule has 0 aliphatic carbocycles. The molecule has 0 fully saturated rings. The van der Waals surface area contributed by atoms with Gasteiger partial charge in [-0.15, -0.1) is 0 Å². The van der Waals surface area contributed by atoms with Crippen LogP contribution in [-0.4, -0.2) is 13.3 Å². The van der Waals surface area contributed by atoms with Crippen LogP contribution < -0.4 is 18.9 Å². The molecule has 0 aromatic carbocycles. The van der Waals surface area contributed by atoms with Gasteiger partial charge in [-0.2, -0.15) is 0 Å². The molecule has 0 rings (SSSR count). The van der Waals surface area contributed by atoms with Crippen LogP contribution in [0, 0.1) is 7.43 Å². The molecule has 0 saturated heterocycles. The van der Waals surface area contributed by atoms with Gasteiger partial charge in [-0.05, 0) is 0 Å². The van der Waals surface area contributed by atoms with Gasteiger partial charge in [0.2, 0.25) is 0 Å². The van der Waals surface area contributed by atoms with Crippen LogP contribution in [0.25, 0.3) is 0 Å². The third-order valence-electron chi connectivity index (χ3n) is 0. The molecule has 0 heterocycles. The summed E-state index contributed by atoms with van der Waals surface area (Å²) >= 11 is -2.86. The molecule has 3 nitrogen and oxygen atoms in total. The summed E-state index contributed by atoms with van der Waals surface area (Å²) in [6.07, 6.45) is 0. The molecule has 0 aromatic heterocycles. The van der Waals surface area contributed by atoms with Gasteiger partial charge in [0.25, 0.3) is 0 Å². The van der Waals surface area contributed by atoms with E-state index in [-0.39, 0.29) is 26.3 Å². The summed E-state index contributed by atoms with van der Waals surface area (Å²) in [6, 6.07) is 0. The first-order chi connectivity index (χ1) is 1.73. The third-order valence-corrected chi connectivity index (χ3v) is 0. The van der Waals surface area contributed by atoms with Crippen LogP contribution in [-0.2, 0) is 11.4 Å². The minimum Gasteiger partial charge on any atom is -0.750 e. The summed E-state index contributed by atoms with van der Waals surface area (Å²) in [5.74, 6) is 0. The molecular formula is CH4LiO3S-. The van der Waals surface area contributed by atoms with Crippen molar-refractivity contribution in [1.29, 1.82) is 0 Å². The normalized spacial score (nSPS) is 10.3. The summed E-state index contributed by atoms with van der Waals surface area (Å²) in [5, 5.41) is 0. The Morgan fingerprint density at radius 3 is 1.67 bits per heavy atom. The Labute approximate surface area is 51.4 Å². The monoisotopic (exact) mass is 103 g/mol. The molecule has 0 aliphatic rings. The fraction of sp³-hybridized carbons (Fsp3) is 0. The van der Waals surface area contributed by atoms with Crippen molar-refractivity contribution in [2.45, 2.75) is 0 Å². The zero-order valence-corrected chi connectivity index (χ0v) is 4.49. The smallest absolute Gasteiger partial charge is 0.750 e. The maximum atomic E-state index is 8.56. The first-order valence-electron chi connectivity index (χ1n) is 0.516. The molecule has 0 saturated carbocycles. The Balaban J connectivity index is -0.0000000450. The van der Waals surface area contributed by atoms with Gasteiger partial charge in [0.1, 0.15) is 0 Å². The topological polar surface area (TPSA) is 60.4 Å². The molecule has 0 amide bonds. The maximum absolute atomic E-state index is 8.56. The second-order valence-corrected chi connectivity index (χ2v) is 0.651. The first kappa shape index (κ1) is 15.9. The standard InChI is InChI=1S/CH3.Li.H2O3S/c;;1-4(2)3/h1H3;;(H2,1,2,3)/q-1;+1;/p-1. The molecular weight excluding hydrogens is 99.0 g/mol. The fourth-order valence-electron chi connectivity index (χ4n) is 0. The van der Waals surface area contributed by atoms with E-state index in [1.54, 1.807) is 0 Å². The van der Waals surface area contributed by atoms with E-state index in [9.17, 15) is 0 Å². The van der Waals surface area contributed by atoms with Crippen molar-refractivity contribution in [2.24, 2.45) is 0 Å². The average Bonchev–Trinajstić information content (AvgIpc) is 0.811. The van der Waals surface area contributed by atoms with Crippen LogP contribution in [0.5, 0.6) is 0 Å². The van der Waals surface area contributed by atoms with E-state index in [1.807, 2.05) is 0 Å². The van der Waals surface area contributed by atoms with E-state index in [0.29, 0.717) is 0 Å². The molecule has 1 atom stereocenters. The van der Waals surface area contributed by atoms with Crippen LogP contribution >= 0.6 is 0 Å². The summed E-state index contributed by atoms with van der Waals surface area (Å²) in [6.45, 7) is 0. The Morgan fingerprint density at radius 2 is 1.67 bits per heavy atom. The van der Waals surface area contributed by atoms with Crippen molar-refractivity contribution < 1.29 is 32.2 Å². The second kappa shape index (κ2) is 9.18. The molecule has 34 valence electrons. The van der Waals surface area contributed by atoms with Crippen LogP contribution in [0.2, 0.25) is 0 Å². The summed E-state index contributed by atoms with van der Waals surface area (Å²) in [4.78, 5) is 0. The Morgan fingerprint density at radius 1 is 1.67 bits per heavy atom. The Kier molecular flexibility index (Phi) is 24.4. The minimum atomic E-state index is -2.86. The van der Waals surface area contributed by atoms with Crippen LogP contribution in [0.15, 0.2) is 0 Å². The molecule has 0 spiro atoms. The first-order valence-corrected chi connectivity index (χ1v) is 1.55. The van der Waals surface area contributed by atoms with Gasteiger partial charge in [0.05, 0.1) is 11.4 Å². The van der Waals surface area contributed by atoms with Crippen molar-refractivity contribution in [2.75, 3.05) is 0 Å². The van der Waals surface area contributed by atoms with Crippen LogP contribution in [0.1, 0.15) is 0 Å². The van der Waals surface area contributed by atoms with E-state index in [4.69, 9.17) is 13.3 Å². The molecule has 0 aliphatic heterocycles. The van der Waals surface area contributed by atoms with E-state index in [2.05, 4.69) is 0 Å². The SMILES string of the molecule is O=S([O-])O.[CH3-].[Li+]. The third kappa shape index (κ3) is 141. The molecule has 1 unspecified atom stereocenters. The summed E-state index contributed by atoms with van der Waals surface area (Å²) in [5.41, 5.74) is 0. The predicted octanol–water partition coefficient (Wildman–Crippen LogP) is -3.21. The number of rotatable bonds is 0. The Hall–Kier alpha value is 0.667. The van der Waals surface area contributed by atoms with Crippen molar-refractivity contribution >= 4 is 11.4 Å². The molecule has 6 heavy (non-hydrogen) atoms. The zero-order chi connectivity index (χ0) is 3.58. The van der Waals surface area contributed by atoms with E-state index < -0.39 is 11.4 Å². The fourth-order valence-corrected chi connectivity index (χ4v) is 0. The van der Waals surface area contributed by atoms with Crippen molar-refractivity contribution in [3.8, 4) is 0 Å². The number of hydrogen-bond donors (Lipinski definition) is 1. The van der Waals surface area contributed by atoms with Gasteiger partial charge in [0, 0.05) is 0 Å². The van der Waals surface area contributed by atoms with Crippen molar-refractivity contribution in [3.63, 3.8) is 0 Å². The van der Waals surface area contributed by atoms with E-state index in [1.165, 1.54) is 0 Å². The van der Waals surface area contributed by atoms with Crippen molar-refractivity contribution in [3.05, 3.63) is 7.43 Å². The number of hydrogen-bond acceptors (Lipinski definition) is 2.